The van der Waals surface area contributed by atoms with Crippen molar-refractivity contribution in [1.82, 2.24) is 4.72 Å². The molecule has 0 aliphatic carbocycles. The highest BCUT2D eigenvalue weighted by molar-refractivity contribution is 14.2. The van der Waals surface area contributed by atoms with Crippen molar-refractivity contribution in [2.24, 2.45) is 0 Å². The average Bonchev–Trinajstić information content (AvgIpc) is 1.21. The Kier molecular flexibility index (Phi) is 2.75. The molecule has 0 fully saturated rings. The van der Waals surface area contributed by atoms with Gasteiger partial charge in [-0.2, -0.15) is 8.42 Å². The molecule has 0 aliphatic rings. The van der Waals surface area contributed by atoms with Crippen LogP contribution in [0.4, 0.5) is 0 Å². The molecule has 0 aliphatic heterocycles. The molecule has 8 heavy (non-hydrogen) atoms. The Morgan fingerprint density at radius 3 is 2.12 bits per heavy atom. The SMILES string of the molecule is C=C(C)NS(=O)(=O)I. The molecule has 0 aromatic heterocycles. The minimum absolute atomic E-state index is 0.430. The summed E-state index contributed by atoms with van der Waals surface area (Å²) >= 11 is 1.29. The van der Waals surface area contributed by atoms with E-state index in [-0.39, 0.29) is 0 Å². The van der Waals surface area contributed by atoms with Crippen LogP contribution in [0.15, 0.2) is 12.3 Å². The first-order valence-corrected chi connectivity index (χ1v) is 5.82. The lowest BCUT2D eigenvalue weighted by Gasteiger charge is -1.96. The summed E-state index contributed by atoms with van der Waals surface area (Å²) in [6, 6.07) is 0. The van der Waals surface area contributed by atoms with Crippen molar-refractivity contribution >= 4 is 28.4 Å². The topological polar surface area (TPSA) is 46.2 Å². The lowest BCUT2D eigenvalue weighted by molar-refractivity contribution is 0.606. The molecule has 0 aromatic rings. The molecule has 0 amide bonds. The summed E-state index contributed by atoms with van der Waals surface area (Å²) in [6.07, 6.45) is 0. The highest BCUT2D eigenvalue weighted by atomic mass is 127. The van der Waals surface area contributed by atoms with Crippen molar-refractivity contribution in [3.05, 3.63) is 12.3 Å². The molecule has 0 rings (SSSR count). The Labute approximate surface area is 60.8 Å². The second-order valence-corrected chi connectivity index (χ2v) is 5.88. The maximum Gasteiger partial charge on any atom is 0.286 e. The summed E-state index contributed by atoms with van der Waals surface area (Å²) in [7, 11) is -3.10. The van der Waals surface area contributed by atoms with E-state index in [1.165, 1.54) is 21.2 Å². The van der Waals surface area contributed by atoms with Gasteiger partial charge in [-0.1, -0.05) is 6.58 Å². The van der Waals surface area contributed by atoms with Gasteiger partial charge in [0.1, 0.15) is 0 Å². The van der Waals surface area contributed by atoms with Gasteiger partial charge in [0.2, 0.25) is 0 Å². The van der Waals surface area contributed by atoms with Crippen LogP contribution in [0, 0.1) is 0 Å². The second kappa shape index (κ2) is 2.67. The van der Waals surface area contributed by atoms with Crippen LogP contribution in [-0.2, 0) is 7.19 Å². The van der Waals surface area contributed by atoms with Gasteiger partial charge in [-0.15, -0.1) is 0 Å². The van der Waals surface area contributed by atoms with Crippen LogP contribution in [0.1, 0.15) is 6.92 Å². The zero-order chi connectivity index (χ0) is 6.78. The number of rotatable bonds is 2. The molecule has 0 radical (unpaired) electrons. The molecule has 0 saturated carbocycles. The third-order valence-corrected chi connectivity index (χ3v) is 1.55. The zero-order valence-electron chi connectivity index (χ0n) is 4.31. The van der Waals surface area contributed by atoms with Gasteiger partial charge in [0, 0.05) is 5.70 Å². The summed E-state index contributed by atoms with van der Waals surface area (Å²) < 4.78 is 22.7. The van der Waals surface area contributed by atoms with Gasteiger partial charge >= 0.3 is 0 Å². The van der Waals surface area contributed by atoms with E-state index < -0.39 is 7.19 Å². The largest absolute Gasteiger partial charge is 0.286 e. The molecule has 5 heteroatoms. The van der Waals surface area contributed by atoms with Gasteiger partial charge in [0.05, 0.1) is 21.2 Å². The van der Waals surface area contributed by atoms with Crippen LogP contribution < -0.4 is 4.72 Å². The highest BCUT2D eigenvalue weighted by Gasteiger charge is 1.98. The van der Waals surface area contributed by atoms with E-state index in [0.717, 1.165) is 0 Å². The maximum atomic E-state index is 10.3. The molecule has 0 bridgehead atoms. The number of hydrogen-bond donors (Lipinski definition) is 1. The summed E-state index contributed by atoms with van der Waals surface area (Å²) in [4.78, 5) is 0. The van der Waals surface area contributed by atoms with Crippen molar-refractivity contribution in [3.8, 4) is 0 Å². The van der Waals surface area contributed by atoms with Crippen molar-refractivity contribution in [2.45, 2.75) is 6.92 Å². The standard InChI is InChI=1S/C3H6INO2S/c1-3(2)5-8(4,6)7/h5H,1H2,2H3. The number of halogens is 1. The molecule has 0 aromatic carbocycles. The van der Waals surface area contributed by atoms with Crippen LogP contribution in [0.5, 0.6) is 0 Å². The summed E-state index contributed by atoms with van der Waals surface area (Å²) in [5.74, 6) is 0. The van der Waals surface area contributed by atoms with Gasteiger partial charge in [0.25, 0.3) is 7.19 Å². The lowest BCUT2D eigenvalue weighted by Crippen LogP contribution is -2.13. The van der Waals surface area contributed by atoms with E-state index in [2.05, 4.69) is 11.3 Å². The minimum atomic E-state index is -3.10. The Balaban J connectivity index is 3.95. The fourth-order valence-electron chi connectivity index (χ4n) is 0.208. The van der Waals surface area contributed by atoms with Crippen molar-refractivity contribution < 1.29 is 8.42 Å². The van der Waals surface area contributed by atoms with E-state index in [1.807, 2.05) is 0 Å². The molecule has 3 nitrogen and oxygen atoms in total. The predicted octanol–water partition coefficient (Wildman–Crippen LogP) is 0.789. The van der Waals surface area contributed by atoms with E-state index in [0.29, 0.717) is 5.70 Å². The number of allylic oxidation sites excluding steroid dienone is 1. The smallest absolute Gasteiger partial charge is 0.280 e. The first kappa shape index (κ1) is 8.22. The number of nitrogens with one attached hydrogen (secondary N) is 1. The molecule has 0 atom stereocenters. The molecule has 0 saturated heterocycles. The third kappa shape index (κ3) is 6.22. The van der Waals surface area contributed by atoms with E-state index in [9.17, 15) is 8.42 Å². The fourth-order valence-corrected chi connectivity index (χ4v) is 1.75. The van der Waals surface area contributed by atoms with Gasteiger partial charge in [-0.25, -0.2) is 0 Å². The average molecular weight is 247 g/mol. The summed E-state index contributed by atoms with van der Waals surface area (Å²) in [5.41, 5.74) is 0.430. The van der Waals surface area contributed by atoms with Gasteiger partial charge in [-0.3, -0.25) is 4.72 Å². The fraction of sp³-hybridized carbons (Fsp3) is 0.333. The highest BCUT2D eigenvalue weighted by Crippen LogP contribution is 1.97. The first-order valence-electron chi connectivity index (χ1n) is 1.80. The first-order chi connectivity index (χ1) is 3.42. The van der Waals surface area contributed by atoms with Crippen molar-refractivity contribution in [1.29, 1.82) is 0 Å². The third-order valence-electron chi connectivity index (χ3n) is 0.296. The van der Waals surface area contributed by atoms with Crippen LogP contribution in [0.3, 0.4) is 0 Å². The predicted molar refractivity (Wildman–Crippen MR) is 40.9 cm³/mol. The molecule has 48 valence electrons. The Hall–Kier alpha value is 0.220. The van der Waals surface area contributed by atoms with Gasteiger partial charge in [0.15, 0.2) is 0 Å². The Morgan fingerprint density at radius 2 is 2.12 bits per heavy atom. The lowest BCUT2D eigenvalue weighted by atomic mass is 10.6. The van der Waals surface area contributed by atoms with Crippen molar-refractivity contribution in [2.75, 3.05) is 0 Å². The Morgan fingerprint density at radius 1 is 1.75 bits per heavy atom. The van der Waals surface area contributed by atoms with E-state index in [1.54, 1.807) is 6.92 Å². The summed E-state index contributed by atoms with van der Waals surface area (Å²) in [5, 5.41) is 0. The van der Waals surface area contributed by atoms with Crippen LogP contribution in [0.2, 0.25) is 0 Å². The number of hydrogen-bond acceptors (Lipinski definition) is 2. The Bertz CT molecular complexity index is 183. The van der Waals surface area contributed by atoms with Crippen LogP contribution in [0.25, 0.3) is 0 Å². The monoisotopic (exact) mass is 247 g/mol. The minimum Gasteiger partial charge on any atom is -0.280 e. The van der Waals surface area contributed by atoms with Crippen LogP contribution >= 0.6 is 21.2 Å². The van der Waals surface area contributed by atoms with Crippen LogP contribution in [-0.4, -0.2) is 8.42 Å². The molecule has 1 N–H and O–H groups in total. The maximum absolute atomic E-state index is 10.3. The van der Waals surface area contributed by atoms with Gasteiger partial charge < -0.3 is 0 Å². The molecule has 0 unspecified atom stereocenters. The second-order valence-electron chi connectivity index (χ2n) is 1.32. The van der Waals surface area contributed by atoms with E-state index in [4.69, 9.17) is 0 Å². The quantitative estimate of drug-likeness (QED) is 0.579. The molecule has 0 spiro atoms. The molecular weight excluding hydrogens is 241 g/mol. The summed E-state index contributed by atoms with van der Waals surface area (Å²) in [6.45, 7) is 4.92. The molecule has 0 heterocycles. The van der Waals surface area contributed by atoms with Crippen molar-refractivity contribution in [3.63, 3.8) is 0 Å². The normalized spacial score (nSPS) is 10.8. The van der Waals surface area contributed by atoms with Gasteiger partial charge in [-0.05, 0) is 6.92 Å². The zero-order valence-corrected chi connectivity index (χ0v) is 7.28. The molecular formula is C3H6INO2S. The van der Waals surface area contributed by atoms with E-state index >= 15 is 0 Å².